The van der Waals surface area contributed by atoms with Crippen LogP contribution in [0.25, 0.3) is 11.4 Å². The van der Waals surface area contributed by atoms with E-state index in [0.717, 1.165) is 31.2 Å². The molecule has 3 nitrogen and oxygen atoms in total. The molecule has 0 spiro atoms. The van der Waals surface area contributed by atoms with E-state index in [1.54, 1.807) is 12.4 Å². The van der Waals surface area contributed by atoms with Crippen LogP contribution >= 0.6 is 0 Å². The van der Waals surface area contributed by atoms with E-state index in [2.05, 4.69) is 55.0 Å². The smallest absolute Gasteiger partial charge is 0.159 e. The van der Waals surface area contributed by atoms with Gasteiger partial charge in [0, 0.05) is 5.56 Å². The van der Waals surface area contributed by atoms with Crippen molar-refractivity contribution in [2.75, 3.05) is 6.61 Å². The van der Waals surface area contributed by atoms with Crippen molar-refractivity contribution in [1.29, 1.82) is 0 Å². The molecular formula is C27H41FN2O. The molecule has 2 atom stereocenters. The number of alkyl halides is 1. The predicted molar refractivity (Wildman–Crippen MR) is 128 cm³/mol. The Bertz CT molecular complexity index is 702. The highest BCUT2D eigenvalue weighted by molar-refractivity contribution is 5.55. The molecule has 0 saturated heterocycles. The lowest BCUT2D eigenvalue weighted by Gasteiger charge is -2.13. The van der Waals surface area contributed by atoms with Gasteiger partial charge in [-0.25, -0.2) is 14.4 Å². The molecular weight excluding hydrogens is 387 g/mol. The van der Waals surface area contributed by atoms with Gasteiger partial charge in [-0.2, -0.15) is 0 Å². The minimum atomic E-state index is -0.946. The van der Waals surface area contributed by atoms with Crippen LogP contribution in [-0.4, -0.2) is 22.7 Å². The van der Waals surface area contributed by atoms with Gasteiger partial charge < -0.3 is 4.74 Å². The van der Waals surface area contributed by atoms with E-state index in [1.807, 2.05) is 0 Å². The van der Waals surface area contributed by atoms with Gasteiger partial charge in [-0.15, -0.1) is 0 Å². The number of aryl methyl sites for hydroxylation is 1. The van der Waals surface area contributed by atoms with Crippen LogP contribution in [-0.2, 0) is 6.42 Å². The Balaban J connectivity index is 1.73. The molecule has 1 aromatic heterocycles. The topological polar surface area (TPSA) is 35.0 Å². The van der Waals surface area contributed by atoms with Gasteiger partial charge in [0.1, 0.15) is 12.8 Å². The number of nitrogens with zero attached hydrogens (tertiary/aromatic N) is 2. The number of unbranched alkanes of at least 4 members (excludes halogenated alkanes) is 5. The Morgan fingerprint density at radius 1 is 0.839 bits per heavy atom. The van der Waals surface area contributed by atoms with Crippen molar-refractivity contribution in [3.63, 3.8) is 0 Å². The highest BCUT2D eigenvalue weighted by atomic mass is 19.1. The molecule has 2 aromatic rings. The molecule has 0 saturated carbocycles. The predicted octanol–water partition coefficient (Wildman–Crippen LogP) is 7.98. The molecule has 0 aliphatic heterocycles. The average Bonchev–Trinajstić information content (AvgIpc) is 2.79. The Hall–Kier alpha value is -1.97. The molecule has 0 aliphatic rings. The second-order valence-electron chi connectivity index (χ2n) is 8.84. The van der Waals surface area contributed by atoms with Gasteiger partial charge in [-0.1, -0.05) is 90.0 Å². The van der Waals surface area contributed by atoms with Crippen molar-refractivity contribution in [2.45, 2.75) is 97.6 Å². The van der Waals surface area contributed by atoms with Crippen LogP contribution in [0.5, 0.6) is 5.75 Å². The minimum absolute atomic E-state index is 0.0642. The van der Waals surface area contributed by atoms with E-state index in [-0.39, 0.29) is 6.61 Å². The van der Waals surface area contributed by atoms with E-state index in [9.17, 15) is 4.39 Å². The van der Waals surface area contributed by atoms with Crippen molar-refractivity contribution >= 4 is 0 Å². The molecule has 31 heavy (non-hydrogen) atoms. The molecule has 1 aromatic carbocycles. The number of hydrogen-bond acceptors (Lipinski definition) is 3. The third-order valence-electron chi connectivity index (χ3n) is 5.84. The summed E-state index contributed by atoms with van der Waals surface area (Å²) in [5, 5.41) is 0. The Kier molecular flexibility index (Phi) is 12.2. The molecule has 2 unspecified atom stereocenters. The first-order valence-corrected chi connectivity index (χ1v) is 12.3. The summed E-state index contributed by atoms with van der Waals surface area (Å²) in [5.74, 6) is 1.76. The lowest BCUT2D eigenvalue weighted by Crippen LogP contribution is -2.14. The first-order chi connectivity index (χ1) is 15.1. The summed E-state index contributed by atoms with van der Waals surface area (Å²) in [5.41, 5.74) is 2.35. The fourth-order valence-corrected chi connectivity index (χ4v) is 3.84. The summed E-state index contributed by atoms with van der Waals surface area (Å²) in [6.07, 6.45) is 15.1. The summed E-state index contributed by atoms with van der Waals surface area (Å²) in [6, 6.07) is 8.50. The van der Waals surface area contributed by atoms with Crippen molar-refractivity contribution < 1.29 is 9.13 Å². The van der Waals surface area contributed by atoms with Gasteiger partial charge >= 0.3 is 0 Å². The van der Waals surface area contributed by atoms with E-state index in [4.69, 9.17) is 4.74 Å². The van der Waals surface area contributed by atoms with Crippen LogP contribution in [0.15, 0.2) is 36.7 Å². The summed E-state index contributed by atoms with van der Waals surface area (Å²) in [7, 11) is 0. The van der Waals surface area contributed by atoms with Crippen molar-refractivity contribution in [3.05, 3.63) is 42.2 Å². The SMILES string of the molecule is CCCCCCCCc1ccc(-c2ncc(OCC(F)CCC(C)CCC)cn2)cc1. The second kappa shape index (κ2) is 14.9. The molecule has 2 rings (SSSR count). The molecule has 0 fully saturated rings. The summed E-state index contributed by atoms with van der Waals surface area (Å²) in [4.78, 5) is 8.80. The largest absolute Gasteiger partial charge is 0.487 e. The molecule has 0 radical (unpaired) electrons. The van der Waals surface area contributed by atoms with Crippen LogP contribution < -0.4 is 4.74 Å². The van der Waals surface area contributed by atoms with Gasteiger partial charge in [-0.3, -0.25) is 0 Å². The average molecular weight is 429 g/mol. The Morgan fingerprint density at radius 3 is 2.19 bits per heavy atom. The van der Waals surface area contributed by atoms with E-state index in [0.29, 0.717) is 23.9 Å². The fraction of sp³-hybridized carbons (Fsp3) is 0.630. The maximum absolute atomic E-state index is 14.1. The van der Waals surface area contributed by atoms with Crippen LogP contribution in [0.3, 0.4) is 0 Å². The van der Waals surface area contributed by atoms with Crippen LogP contribution in [0, 0.1) is 5.92 Å². The highest BCUT2D eigenvalue weighted by Gasteiger charge is 2.11. The van der Waals surface area contributed by atoms with Gasteiger partial charge in [0.05, 0.1) is 12.4 Å². The summed E-state index contributed by atoms with van der Waals surface area (Å²) in [6.45, 7) is 6.67. The van der Waals surface area contributed by atoms with Gasteiger partial charge in [-0.05, 0) is 37.2 Å². The van der Waals surface area contributed by atoms with Gasteiger partial charge in [0.15, 0.2) is 11.6 Å². The number of ether oxygens (including phenoxy) is 1. The van der Waals surface area contributed by atoms with E-state index >= 15 is 0 Å². The molecule has 4 heteroatoms. The van der Waals surface area contributed by atoms with E-state index in [1.165, 1.54) is 44.1 Å². The highest BCUT2D eigenvalue weighted by Crippen LogP contribution is 2.20. The first kappa shape index (κ1) is 25.3. The zero-order valence-electron chi connectivity index (χ0n) is 19.8. The maximum Gasteiger partial charge on any atom is 0.159 e. The summed E-state index contributed by atoms with van der Waals surface area (Å²) < 4.78 is 19.6. The number of rotatable bonds is 16. The molecule has 0 amide bonds. The van der Waals surface area contributed by atoms with Crippen LogP contribution in [0.2, 0.25) is 0 Å². The molecule has 1 heterocycles. The zero-order valence-corrected chi connectivity index (χ0v) is 19.8. The monoisotopic (exact) mass is 428 g/mol. The van der Waals surface area contributed by atoms with E-state index < -0.39 is 6.17 Å². The van der Waals surface area contributed by atoms with Crippen molar-refractivity contribution in [1.82, 2.24) is 9.97 Å². The van der Waals surface area contributed by atoms with Crippen LogP contribution in [0.4, 0.5) is 4.39 Å². The lowest BCUT2D eigenvalue weighted by atomic mass is 9.99. The van der Waals surface area contributed by atoms with Crippen molar-refractivity contribution in [3.8, 4) is 17.1 Å². The number of hydrogen-bond donors (Lipinski definition) is 0. The van der Waals surface area contributed by atoms with Crippen molar-refractivity contribution in [2.24, 2.45) is 5.92 Å². The molecule has 0 bridgehead atoms. The first-order valence-electron chi connectivity index (χ1n) is 12.3. The number of benzene rings is 1. The standard InChI is InChI=1S/C27H41FN2O/c1-4-6-7-8-9-10-12-23-14-16-24(17-15-23)27-29-19-26(20-30-27)31-21-25(28)18-13-22(3)11-5-2/h14-17,19-20,22,25H,4-13,18,21H2,1-3H3. The number of halogens is 1. The zero-order chi connectivity index (χ0) is 22.3. The normalized spacial score (nSPS) is 13.2. The molecule has 0 aliphatic carbocycles. The molecule has 0 N–H and O–H groups in total. The Morgan fingerprint density at radius 2 is 1.52 bits per heavy atom. The minimum Gasteiger partial charge on any atom is -0.487 e. The molecule has 172 valence electrons. The van der Waals surface area contributed by atoms with Crippen LogP contribution in [0.1, 0.15) is 90.5 Å². The Labute approximate surface area is 188 Å². The third-order valence-corrected chi connectivity index (χ3v) is 5.84. The lowest BCUT2D eigenvalue weighted by molar-refractivity contribution is 0.178. The third kappa shape index (κ3) is 10.3. The summed E-state index contributed by atoms with van der Waals surface area (Å²) >= 11 is 0. The number of aromatic nitrogens is 2. The quantitative estimate of drug-likeness (QED) is 0.254. The second-order valence-corrected chi connectivity index (χ2v) is 8.84. The van der Waals surface area contributed by atoms with Gasteiger partial charge in [0.25, 0.3) is 0 Å². The van der Waals surface area contributed by atoms with Gasteiger partial charge in [0.2, 0.25) is 0 Å². The fourth-order valence-electron chi connectivity index (χ4n) is 3.84. The maximum atomic E-state index is 14.1.